The van der Waals surface area contributed by atoms with Gasteiger partial charge in [0.15, 0.2) is 0 Å². The van der Waals surface area contributed by atoms with Gasteiger partial charge in [0, 0.05) is 13.0 Å². The average molecular weight is 567 g/mol. The fourth-order valence-electron chi connectivity index (χ4n) is 4.01. The predicted octanol–water partition coefficient (Wildman–Crippen LogP) is 3.30. The molecule has 41 heavy (non-hydrogen) atoms. The Morgan fingerprint density at radius 1 is 1.10 bits per heavy atom. The second-order valence-corrected chi connectivity index (χ2v) is 10.3. The minimum absolute atomic E-state index is 0.0121. The molecule has 0 aromatic heterocycles. The Balaban J connectivity index is 2.49. The van der Waals surface area contributed by atoms with Gasteiger partial charge in [0.05, 0.1) is 19.1 Å². The van der Waals surface area contributed by atoms with E-state index in [1.807, 2.05) is 12.1 Å². The molecule has 3 N–H and O–H groups in total. The lowest BCUT2D eigenvalue weighted by Gasteiger charge is -2.33. The van der Waals surface area contributed by atoms with E-state index >= 15 is 0 Å². The Morgan fingerprint density at radius 3 is 2.37 bits per heavy atom. The molecule has 11 nitrogen and oxygen atoms in total. The number of benzene rings is 2. The van der Waals surface area contributed by atoms with E-state index in [1.165, 1.54) is 18.2 Å². The third-order valence-corrected chi connectivity index (χ3v) is 5.83. The molecule has 0 fully saturated rings. The van der Waals surface area contributed by atoms with Crippen molar-refractivity contribution in [2.45, 2.75) is 65.1 Å². The first-order valence-electron chi connectivity index (χ1n) is 13.3. The van der Waals surface area contributed by atoms with Crippen molar-refractivity contribution in [3.05, 3.63) is 65.2 Å². The highest BCUT2D eigenvalue weighted by Gasteiger charge is 2.36. The molecular weight excluding hydrogens is 528 g/mol. The zero-order valence-electron chi connectivity index (χ0n) is 24.1. The predicted molar refractivity (Wildman–Crippen MR) is 150 cm³/mol. The first-order valence-corrected chi connectivity index (χ1v) is 13.3. The minimum atomic E-state index is -1.32. The number of carbonyl (C=O) groups is 4. The highest BCUT2D eigenvalue weighted by molar-refractivity contribution is 5.92. The van der Waals surface area contributed by atoms with Crippen LogP contribution < -0.4 is 10.6 Å². The number of aromatic hydroxyl groups is 1. The van der Waals surface area contributed by atoms with Crippen molar-refractivity contribution in [1.82, 2.24) is 15.5 Å². The van der Waals surface area contributed by atoms with Crippen molar-refractivity contribution in [3.63, 3.8) is 0 Å². The van der Waals surface area contributed by atoms with Crippen LogP contribution in [0.15, 0.2) is 48.5 Å². The van der Waals surface area contributed by atoms with Gasteiger partial charge in [-0.05, 0) is 63.4 Å². The van der Waals surface area contributed by atoms with Gasteiger partial charge in [-0.15, -0.1) is 0 Å². The van der Waals surface area contributed by atoms with Crippen LogP contribution in [0.1, 0.15) is 56.8 Å². The summed E-state index contributed by atoms with van der Waals surface area (Å²) in [4.78, 5) is 53.2. The third kappa shape index (κ3) is 10.5. The topological polar surface area (TPSA) is 158 Å². The second kappa shape index (κ2) is 15.3. The van der Waals surface area contributed by atoms with Gasteiger partial charge in [-0.2, -0.15) is 5.26 Å². The van der Waals surface area contributed by atoms with Crippen LogP contribution in [0.3, 0.4) is 0 Å². The Labute approximate surface area is 240 Å². The number of amides is 3. The lowest BCUT2D eigenvalue weighted by Crippen LogP contribution is -2.54. The fourth-order valence-corrected chi connectivity index (χ4v) is 4.01. The number of phenols is 1. The number of nitrogens with one attached hydrogen (secondary N) is 2. The lowest BCUT2D eigenvalue weighted by molar-refractivity contribution is -0.144. The number of hydrogen-bond donors (Lipinski definition) is 3. The zero-order valence-corrected chi connectivity index (χ0v) is 24.1. The van der Waals surface area contributed by atoms with Crippen LogP contribution >= 0.6 is 0 Å². The first kappa shape index (κ1) is 32.6. The molecule has 0 heterocycles. The Hall–Kier alpha value is -4.59. The van der Waals surface area contributed by atoms with E-state index < -0.39 is 48.1 Å². The SMILES string of the molecule is CCOC(=O)CCNC(=O)C(c1ccc(O)c(C)c1)N(CC#N)C(=O)C(Cc1ccccc1)NC(=O)OC(C)(C)C. The number of aryl methyl sites for hydroxylation is 1. The van der Waals surface area contributed by atoms with Gasteiger partial charge in [0.2, 0.25) is 11.8 Å². The molecule has 2 aromatic rings. The smallest absolute Gasteiger partial charge is 0.408 e. The van der Waals surface area contributed by atoms with Gasteiger partial charge < -0.3 is 30.1 Å². The summed E-state index contributed by atoms with van der Waals surface area (Å²) in [7, 11) is 0. The molecule has 11 heteroatoms. The fraction of sp³-hybridized carbons (Fsp3) is 0.433. The number of rotatable bonds is 12. The van der Waals surface area contributed by atoms with Crippen molar-refractivity contribution in [1.29, 1.82) is 5.26 Å². The Morgan fingerprint density at radius 2 is 1.78 bits per heavy atom. The van der Waals surface area contributed by atoms with E-state index in [1.54, 1.807) is 58.9 Å². The van der Waals surface area contributed by atoms with Crippen LogP contribution in [-0.4, -0.2) is 65.2 Å². The Kier molecular flexibility index (Phi) is 12.1. The maximum atomic E-state index is 14.1. The molecule has 0 saturated carbocycles. The van der Waals surface area contributed by atoms with Crippen molar-refractivity contribution in [3.8, 4) is 11.8 Å². The maximum Gasteiger partial charge on any atom is 0.408 e. The summed E-state index contributed by atoms with van der Waals surface area (Å²) in [5.41, 5.74) is 0.675. The lowest BCUT2D eigenvalue weighted by atomic mass is 9.99. The van der Waals surface area contributed by atoms with Crippen LogP contribution in [0, 0.1) is 18.3 Å². The molecule has 2 aromatic carbocycles. The van der Waals surface area contributed by atoms with Crippen molar-refractivity contribution < 1.29 is 33.8 Å². The molecule has 0 spiro atoms. The number of nitrogens with zero attached hydrogens (tertiary/aromatic N) is 2. The zero-order chi connectivity index (χ0) is 30.6. The van der Waals surface area contributed by atoms with E-state index in [0.717, 1.165) is 10.5 Å². The number of hydrogen-bond acceptors (Lipinski definition) is 8. The summed E-state index contributed by atoms with van der Waals surface area (Å²) >= 11 is 0. The molecule has 2 rings (SSSR count). The van der Waals surface area contributed by atoms with Gasteiger partial charge in [-0.3, -0.25) is 14.4 Å². The van der Waals surface area contributed by atoms with Gasteiger partial charge in [0.1, 0.15) is 30.0 Å². The highest BCUT2D eigenvalue weighted by atomic mass is 16.6. The van der Waals surface area contributed by atoms with E-state index in [9.17, 15) is 29.5 Å². The van der Waals surface area contributed by atoms with Gasteiger partial charge >= 0.3 is 12.1 Å². The number of nitriles is 1. The molecule has 2 atom stereocenters. The number of phenolic OH excluding ortho intramolecular Hbond substituents is 1. The minimum Gasteiger partial charge on any atom is -0.508 e. The molecule has 0 aliphatic rings. The Bertz CT molecular complexity index is 1250. The van der Waals surface area contributed by atoms with Crippen LogP contribution in [0.25, 0.3) is 0 Å². The van der Waals surface area contributed by atoms with Crippen molar-refractivity contribution >= 4 is 23.9 Å². The number of esters is 1. The second-order valence-electron chi connectivity index (χ2n) is 10.3. The molecular formula is C30H38N4O7. The molecule has 0 saturated heterocycles. The molecule has 0 radical (unpaired) electrons. The summed E-state index contributed by atoms with van der Waals surface area (Å²) in [6, 6.07) is 12.8. The highest BCUT2D eigenvalue weighted by Crippen LogP contribution is 2.27. The molecule has 0 aliphatic carbocycles. The van der Waals surface area contributed by atoms with E-state index in [4.69, 9.17) is 9.47 Å². The van der Waals surface area contributed by atoms with E-state index in [0.29, 0.717) is 11.1 Å². The van der Waals surface area contributed by atoms with Crippen LogP contribution in [0.5, 0.6) is 5.75 Å². The number of alkyl carbamates (subject to hydrolysis) is 1. The van der Waals surface area contributed by atoms with Gasteiger partial charge in [-0.1, -0.05) is 36.4 Å². The summed E-state index contributed by atoms with van der Waals surface area (Å²) in [6.45, 7) is 8.00. The number of ether oxygens (including phenoxy) is 2. The summed E-state index contributed by atoms with van der Waals surface area (Å²) in [5, 5.41) is 25.0. The third-order valence-electron chi connectivity index (χ3n) is 5.83. The van der Waals surface area contributed by atoms with Crippen LogP contribution in [0.4, 0.5) is 4.79 Å². The van der Waals surface area contributed by atoms with Gasteiger partial charge in [0.25, 0.3) is 0 Å². The van der Waals surface area contributed by atoms with Crippen molar-refractivity contribution in [2.24, 2.45) is 0 Å². The monoisotopic (exact) mass is 566 g/mol. The summed E-state index contributed by atoms with van der Waals surface area (Å²) in [5.74, 6) is -1.86. The summed E-state index contributed by atoms with van der Waals surface area (Å²) in [6.07, 6.45) is -0.865. The normalized spacial score (nSPS) is 12.3. The first-order chi connectivity index (χ1) is 19.4. The number of carbonyl (C=O) groups excluding carboxylic acids is 4. The average Bonchev–Trinajstić information content (AvgIpc) is 2.89. The van der Waals surface area contributed by atoms with Crippen LogP contribution in [0.2, 0.25) is 0 Å². The molecule has 2 unspecified atom stereocenters. The quantitative estimate of drug-likeness (QED) is 0.261. The maximum absolute atomic E-state index is 14.1. The summed E-state index contributed by atoms with van der Waals surface area (Å²) < 4.78 is 10.3. The van der Waals surface area contributed by atoms with Gasteiger partial charge in [-0.25, -0.2) is 4.79 Å². The molecule has 3 amide bonds. The van der Waals surface area contributed by atoms with E-state index in [2.05, 4.69) is 10.6 Å². The molecule has 0 bridgehead atoms. The largest absolute Gasteiger partial charge is 0.508 e. The molecule has 220 valence electrons. The van der Waals surface area contributed by atoms with Crippen molar-refractivity contribution in [2.75, 3.05) is 19.7 Å². The van der Waals surface area contributed by atoms with Crippen LogP contribution in [-0.2, 0) is 30.3 Å². The standard InChI is InChI=1S/C30H38N4O7/c1-6-40-25(36)14-16-32-27(37)26(22-12-13-24(35)20(2)18-22)34(17-15-31)28(38)23(19-21-10-8-7-9-11-21)33-29(39)41-30(3,4)5/h7-13,18,23,26,35H,6,14,16-17,19H2,1-5H3,(H,32,37)(H,33,39). The molecule has 0 aliphatic heterocycles. The van der Waals surface area contributed by atoms with E-state index in [-0.39, 0.29) is 31.7 Å².